The zero-order valence-electron chi connectivity index (χ0n) is 12.9. The van der Waals surface area contributed by atoms with Crippen LogP contribution in [0.3, 0.4) is 0 Å². The van der Waals surface area contributed by atoms with Crippen molar-refractivity contribution < 1.29 is 9.53 Å². The SMILES string of the molecule is C[C@H](NC(=O)N(Cc1ccccc1Br)C1CC1)[C@H]1CCCO1. The van der Waals surface area contributed by atoms with Crippen LogP contribution in [0.25, 0.3) is 0 Å². The quantitative estimate of drug-likeness (QED) is 0.863. The highest BCUT2D eigenvalue weighted by atomic mass is 79.9. The number of nitrogens with zero attached hydrogens (tertiary/aromatic N) is 1. The first-order valence-electron chi connectivity index (χ1n) is 8.07. The molecule has 1 aliphatic carbocycles. The van der Waals surface area contributed by atoms with Crippen molar-refractivity contribution in [3.05, 3.63) is 34.3 Å². The molecule has 4 nitrogen and oxygen atoms in total. The number of ether oxygens (including phenoxy) is 1. The van der Waals surface area contributed by atoms with Gasteiger partial charge in [-0.2, -0.15) is 0 Å². The van der Waals surface area contributed by atoms with Crippen LogP contribution in [0.4, 0.5) is 4.79 Å². The minimum Gasteiger partial charge on any atom is -0.376 e. The summed E-state index contributed by atoms with van der Waals surface area (Å²) in [5, 5.41) is 3.13. The second-order valence-corrected chi connectivity index (χ2v) is 7.09. The Morgan fingerprint density at radius 3 is 2.82 bits per heavy atom. The smallest absolute Gasteiger partial charge is 0.318 e. The van der Waals surface area contributed by atoms with Crippen LogP contribution >= 0.6 is 15.9 Å². The van der Waals surface area contributed by atoms with Gasteiger partial charge in [0.2, 0.25) is 0 Å². The van der Waals surface area contributed by atoms with Crippen molar-refractivity contribution in [2.75, 3.05) is 6.61 Å². The van der Waals surface area contributed by atoms with E-state index in [0.29, 0.717) is 12.6 Å². The second kappa shape index (κ2) is 7.01. The van der Waals surface area contributed by atoms with Crippen LogP contribution in [0.15, 0.2) is 28.7 Å². The maximum atomic E-state index is 12.7. The summed E-state index contributed by atoms with van der Waals surface area (Å²) in [4.78, 5) is 14.6. The largest absolute Gasteiger partial charge is 0.376 e. The van der Waals surface area contributed by atoms with Gasteiger partial charge in [0.1, 0.15) is 0 Å². The van der Waals surface area contributed by atoms with Gasteiger partial charge in [-0.25, -0.2) is 4.79 Å². The summed E-state index contributed by atoms with van der Waals surface area (Å²) in [7, 11) is 0. The van der Waals surface area contributed by atoms with E-state index >= 15 is 0 Å². The van der Waals surface area contributed by atoms with Gasteiger partial charge in [0, 0.05) is 23.7 Å². The predicted octanol–water partition coefficient (Wildman–Crippen LogP) is 3.69. The molecule has 1 saturated carbocycles. The molecular weight excluding hydrogens is 344 g/mol. The molecule has 0 radical (unpaired) electrons. The van der Waals surface area contributed by atoms with E-state index in [9.17, 15) is 4.79 Å². The van der Waals surface area contributed by atoms with Gasteiger partial charge in [-0.3, -0.25) is 0 Å². The Bertz CT molecular complexity index is 527. The van der Waals surface area contributed by atoms with Crippen LogP contribution in [-0.2, 0) is 11.3 Å². The number of benzene rings is 1. The lowest BCUT2D eigenvalue weighted by Gasteiger charge is -2.27. The molecule has 2 aliphatic rings. The zero-order valence-corrected chi connectivity index (χ0v) is 14.5. The third-order valence-electron chi connectivity index (χ3n) is 4.42. The highest BCUT2D eigenvalue weighted by Crippen LogP contribution is 2.30. The van der Waals surface area contributed by atoms with E-state index < -0.39 is 0 Å². The molecule has 1 aromatic rings. The zero-order chi connectivity index (χ0) is 15.5. The fourth-order valence-electron chi connectivity index (χ4n) is 2.93. The van der Waals surface area contributed by atoms with Crippen molar-refractivity contribution >= 4 is 22.0 Å². The summed E-state index contributed by atoms with van der Waals surface area (Å²) < 4.78 is 6.72. The topological polar surface area (TPSA) is 41.6 Å². The van der Waals surface area contributed by atoms with Crippen molar-refractivity contribution in [3.8, 4) is 0 Å². The molecule has 1 aliphatic heterocycles. The number of nitrogens with one attached hydrogen (secondary N) is 1. The summed E-state index contributed by atoms with van der Waals surface area (Å²) in [6, 6.07) is 8.57. The van der Waals surface area contributed by atoms with Gasteiger partial charge >= 0.3 is 6.03 Å². The predicted molar refractivity (Wildman–Crippen MR) is 89.7 cm³/mol. The average molecular weight is 367 g/mol. The lowest BCUT2D eigenvalue weighted by atomic mass is 10.1. The Morgan fingerprint density at radius 1 is 1.41 bits per heavy atom. The van der Waals surface area contributed by atoms with Crippen molar-refractivity contribution in [3.63, 3.8) is 0 Å². The summed E-state index contributed by atoms with van der Waals surface area (Å²) in [6.07, 6.45) is 4.50. The van der Waals surface area contributed by atoms with Crippen molar-refractivity contribution in [2.45, 2.75) is 57.3 Å². The molecule has 0 unspecified atom stereocenters. The fraction of sp³-hybridized carbons (Fsp3) is 0.588. The van der Waals surface area contributed by atoms with E-state index in [-0.39, 0.29) is 18.2 Å². The molecule has 0 aromatic heterocycles. The Kier molecular flexibility index (Phi) is 5.03. The maximum Gasteiger partial charge on any atom is 0.318 e. The summed E-state index contributed by atoms with van der Waals surface area (Å²) in [6.45, 7) is 3.50. The number of rotatable bonds is 5. The number of carbonyl (C=O) groups excluding carboxylic acids is 1. The van der Waals surface area contributed by atoms with Crippen LogP contribution in [0.5, 0.6) is 0 Å². The minimum absolute atomic E-state index is 0.0289. The molecule has 2 atom stereocenters. The number of amides is 2. The van der Waals surface area contributed by atoms with E-state index in [0.717, 1.165) is 42.3 Å². The van der Waals surface area contributed by atoms with E-state index in [1.54, 1.807) is 0 Å². The number of hydrogen-bond acceptors (Lipinski definition) is 2. The summed E-state index contributed by atoms with van der Waals surface area (Å²) in [5.41, 5.74) is 1.15. The number of urea groups is 1. The van der Waals surface area contributed by atoms with Crippen molar-refractivity contribution in [2.24, 2.45) is 0 Å². The first-order valence-corrected chi connectivity index (χ1v) is 8.86. The van der Waals surface area contributed by atoms with Crippen molar-refractivity contribution in [1.82, 2.24) is 10.2 Å². The van der Waals surface area contributed by atoms with Gasteiger partial charge in [0.25, 0.3) is 0 Å². The molecule has 1 N–H and O–H groups in total. The highest BCUT2D eigenvalue weighted by Gasteiger charge is 2.34. The Labute approximate surface area is 140 Å². The molecule has 0 bridgehead atoms. The normalized spacial score (nSPS) is 22.4. The third-order valence-corrected chi connectivity index (χ3v) is 5.19. The number of halogens is 1. The van der Waals surface area contributed by atoms with E-state index in [1.807, 2.05) is 30.0 Å². The van der Waals surface area contributed by atoms with Crippen molar-refractivity contribution in [1.29, 1.82) is 0 Å². The molecule has 5 heteroatoms. The average Bonchev–Trinajstić information content (AvgIpc) is 3.18. The van der Waals surface area contributed by atoms with Crippen LogP contribution < -0.4 is 5.32 Å². The van der Waals surface area contributed by atoms with Gasteiger partial charge in [0.05, 0.1) is 12.1 Å². The van der Waals surface area contributed by atoms with Gasteiger partial charge in [0.15, 0.2) is 0 Å². The third kappa shape index (κ3) is 3.82. The molecule has 22 heavy (non-hydrogen) atoms. The highest BCUT2D eigenvalue weighted by molar-refractivity contribution is 9.10. The second-order valence-electron chi connectivity index (χ2n) is 6.24. The van der Waals surface area contributed by atoms with Gasteiger partial charge < -0.3 is 15.0 Å². The lowest BCUT2D eigenvalue weighted by Crippen LogP contribution is -2.48. The van der Waals surface area contributed by atoms with Gasteiger partial charge in [-0.1, -0.05) is 34.1 Å². The molecule has 120 valence electrons. The molecule has 2 fully saturated rings. The van der Waals surface area contributed by atoms with E-state index in [4.69, 9.17) is 4.74 Å². The molecular formula is C17H23BrN2O2. The molecule has 0 spiro atoms. The number of carbonyl (C=O) groups is 1. The molecule has 1 heterocycles. The van der Waals surface area contributed by atoms with Crippen LogP contribution in [0, 0.1) is 0 Å². The first-order chi connectivity index (χ1) is 10.6. The number of hydrogen-bond donors (Lipinski definition) is 1. The molecule has 1 aromatic carbocycles. The lowest BCUT2D eigenvalue weighted by molar-refractivity contribution is 0.0828. The maximum absolute atomic E-state index is 12.7. The molecule has 2 amide bonds. The van der Waals surface area contributed by atoms with Crippen LogP contribution in [-0.4, -0.2) is 35.7 Å². The Balaban J connectivity index is 1.63. The van der Waals surface area contributed by atoms with E-state index in [1.165, 1.54) is 0 Å². The van der Waals surface area contributed by atoms with E-state index in [2.05, 4.69) is 27.3 Å². The van der Waals surface area contributed by atoms with Crippen LogP contribution in [0.1, 0.15) is 38.2 Å². The van der Waals surface area contributed by atoms with Crippen LogP contribution in [0.2, 0.25) is 0 Å². The fourth-order valence-corrected chi connectivity index (χ4v) is 3.34. The monoisotopic (exact) mass is 366 g/mol. The standard InChI is InChI=1S/C17H23BrN2O2/c1-12(16-7-4-10-22-16)19-17(21)20(14-8-9-14)11-13-5-2-3-6-15(13)18/h2-3,5-6,12,14,16H,4,7-11H2,1H3,(H,19,21)/t12-,16+/m0/s1. The molecule has 3 rings (SSSR count). The summed E-state index contributed by atoms with van der Waals surface area (Å²) in [5.74, 6) is 0. The Hall–Kier alpha value is -1.07. The first kappa shape index (κ1) is 15.8. The van der Waals surface area contributed by atoms with Gasteiger partial charge in [-0.05, 0) is 44.2 Å². The molecule has 1 saturated heterocycles. The van der Waals surface area contributed by atoms with Gasteiger partial charge in [-0.15, -0.1) is 0 Å². The summed E-state index contributed by atoms with van der Waals surface area (Å²) >= 11 is 3.57. The Morgan fingerprint density at radius 2 is 2.18 bits per heavy atom. The minimum atomic E-state index is 0.0289.